The SMILES string of the molecule is CC(C)(C)c1nc2c(C#N)cccc2c2nc3cc4c(cc3n12)C(C)(C)C(C)(C)C4(C)C. The third-order valence-electron chi connectivity index (χ3n) is 8.76. The first kappa shape index (κ1) is 20.9. The van der Waals surface area contributed by atoms with Crippen LogP contribution in [0.25, 0.3) is 27.6 Å². The van der Waals surface area contributed by atoms with Crippen LogP contribution in [0, 0.1) is 16.7 Å². The smallest absolute Gasteiger partial charge is 0.148 e. The summed E-state index contributed by atoms with van der Waals surface area (Å²) in [6.07, 6.45) is 0. The summed E-state index contributed by atoms with van der Waals surface area (Å²) in [7, 11) is 0. The number of para-hydroxylation sites is 1. The van der Waals surface area contributed by atoms with Crippen LogP contribution in [0.4, 0.5) is 0 Å². The van der Waals surface area contributed by atoms with Crippen LogP contribution in [-0.4, -0.2) is 14.4 Å². The lowest BCUT2D eigenvalue weighted by Gasteiger charge is -2.44. The summed E-state index contributed by atoms with van der Waals surface area (Å²) in [5.74, 6) is 0.930. The third kappa shape index (κ3) is 2.32. The molecule has 4 aromatic rings. The molecule has 1 aliphatic rings. The molecule has 0 spiro atoms. The summed E-state index contributed by atoms with van der Waals surface area (Å²) in [5.41, 5.74) is 7.01. The molecule has 164 valence electrons. The van der Waals surface area contributed by atoms with Crippen LogP contribution in [-0.2, 0) is 16.2 Å². The first-order valence-corrected chi connectivity index (χ1v) is 11.4. The van der Waals surface area contributed by atoms with E-state index in [4.69, 9.17) is 9.97 Å². The van der Waals surface area contributed by atoms with E-state index in [1.54, 1.807) is 0 Å². The predicted octanol–water partition coefficient (Wildman–Crippen LogP) is 6.80. The van der Waals surface area contributed by atoms with Gasteiger partial charge in [0.2, 0.25) is 0 Å². The van der Waals surface area contributed by atoms with Gasteiger partial charge in [-0.25, -0.2) is 9.97 Å². The second-order valence-electron chi connectivity index (χ2n) is 12.0. The van der Waals surface area contributed by atoms with Crippen molar-refractivity contribution >= 4 is 27.6 Å². The Balaban J connectivity index is 2.01. The Kier molecular flexibility index (Phi) is 3.86. The Morgan fingerprint density at radius 2 is 1.53 bits per heavy atom. The van der Waals surface area contributed by atoms with Gasteiger partial charge < -0.3 is 0 Å². The van der Waals surface area contributed by atoms with Gasteiger partial charge in [0.1, 0.15) is 17.5 Å². The summed E-state index contributed by atoms with van der Waals surface area (Å²) in [4.78, 5) is 10.2. The molecule has 0 unspecified atom stereocenters. The molecule has 0 aliphatic heterocycles. The number of nitrogens with zero attached hydrogens (tertiary/aromatic N) is 4. The molecule has 5 rings (SSSR count). The van der Waals surface area contributed by atoms with Crippen LogP contribution in [0.2, 0.25) is 0 Å². The van der Waals surface area contributed by atoms with Crippen molar-refractivity contribution in [2.75, 3.05) is 0 Å². The average Bonchev–Trinajstić information content (AvgIpc) is 3.13. The van der Waals surface area contributed by atoms with E-state index < -0.39 is 0 Å². The van der Waals surface area contributed by atoms with Crippen molar-refractivity contribution in [1.29, 1.82) is 5.26 Å². The molecule has 0 amide bonds. The number of fused-ring (bicyclic) bond motifs is 6. The van der Waals surface area contributed by atoms with E-state index in [-0.39, 0.29) is 21.7 Å². The normalized spacial score (nSPS) is 18.9. The maximum absolute atomic E-state index is 9.70. The summed E-state index contributed by atoms with van der Waals surface area (Å²) < 4.78 is 2.23. The highest BCUT2D eigenvalue weighted by molar-refractivity contribution is 5.99. The van der Waals surface area contributed by atoms with Gasteiger partial charge in [-0.15, -0.1) is 0 Å². The molecule has 2 aromatic heterocycles. The second kappa shape index (κ2) is 5.90. The summed E-state index contributed by atoms with van der Waals surface area (Å²) in [6, 6.07) is 12.8. The highest BCUT2D eigenvalue weighted by Gasteiger charge is 2.57. The molecule has 2 heterocycles. The lowest BCUT2D eigenvalue weighted by Crippen LogP contribution is -2.42. The average molecular weight is 425 g/mol. The zero-order valence-corrected chi connectivity index (χ0v) is 20.7. The van der Waals surface area contributed by atoms with E-state index in [0.717, 1.165) is 33.4 Å². The Morgan fingerprint density at radius 1 is 0.906 bits per heavy atom. The molecular weight excluding hydrogens is 392 g/mol. The summed E-state index contributed by atoms with van der Waals surface area (Å²) in [5, 5.41) is 10.6. The van der Waals surface area contributed by atoms with Crippen LogP contribution in [0.15, 0.2) is 30.3 Å². The van der Waals surface area contributed by atoms with Gasteiger partial charge >= 0.3 is 0 Å². The topological polar surface area (TPSA) is 54.0 Å². The van der Waals surface area contributed by atoms with Gasteiger partial charge in [-0.05, 0) is 51.6 Å². The quantitative estimate of drug-likeness (QED) is 0.312. The number of hydrogen-bond donors (Lipinski definition) is 0. The highest BCUT2D eigenvalue weighted by Crippen LogP contribution is 2.62. The number of hydrogen-bond acceptors (Lipinski definition) is 3. The van der Waals surface area contributed by atoms with E-state index in [0.29, 0.717) is 5.56 Å². The number of nitriles is 1. The minimum Gasteiger partial charge on any atom is -0.279 e. The first-order chi connectivity index (χ1) is 14.7. The Hall–Kier alpha value is -2.93. The van der Waals surface area contributed by atoms with Gasteiger partial charge in [0.05, 0.1) is 22.1 Å². The van der Waals surface area contributed by atoms with Crippen molar-refractivity contribution < 1.29 is 0 Å². The number of aromatic nitrogens is 3. The van der Waals surface area contributed by atoms with Gasteiger partial charge in [-0.2, -0.15) is 5.26 Å². The minimum absolute atomic E-state index is 0.0182. The zero-order valence-electron chi connectivity index (χ0n) is 20.7. The fourth-order valence-electron chi connectivity index (χ4n) is 5.60. The second-order valence-corrected chi connectivity index (χ2v) is 12.0. The zero-order chi connectivity index (χ0) is 23.4. The van der Waals surface area contributed by atoms with Crippen molar-refractivity contribution in [3.63, 3.8) is 0 Å². The molecular formula is C28H32N4. The molecule has 0 radical (unpaired) electrons. The van der Waals surface area contributed by atoms with E-state index in [1.807, 2.05) is 18.2 Å². The predicted molar refractivity (Wildman–Crippen MR) is 131 cm³/mol. The van der Waals surface area contributed by atoms with Crippen LogP contribution in [0.3, 0.4) is 0 Å². The minimum atomic E-state index is -0.213. The molecule has 0 fully saturated rings. The monoisotopic (exact) mass is 424 g/mol. The van der Waals surface area contributed by atoms with E-state index in [2.05, 4.69) is 84.9 Å². The lowest BCUT2D eigenvalue weighted by molar-refractivity contribution is 0.125. The number of rotatable bonds is 0. The molecule has 0 bridgehead atoms. The Labute approximate surface area is 190 Å². The van der Waals surface area contributed by atoms with Crippen molar-refractivity contribution in [2.45, 2.75) is 78.6 Å². The first-order valence-electron chi connectivity index (χ1n) is 11.4. The Bertz CT molecular complexity index is 1480. The number of imidazole rings is 1. The van der Waals surface area contributed by atoms with Crippen LogP contribution >= 0.6 is 0 Å². The van der Waals surface area contributed by atoms with Gasteiger partial charge in [0.15, 0.2) is 0 Å². The van der Waals surface area contributed by atoms with Crippen molar-refractivity contribution in [3.05, 3.63) is 52.8 Å². The fourth-order valence-corrected chi connectivity index (χ4v) is 5.60. The summed E-state index contributed by atoms with van der Waals surface area (Å²) >= 11 is 0. The molecule has 32 heavy (non-hydrogen) atoms. The van der Waals surface area contributed by atoms with Gasteiger partial charge in [-0.1, -0.05) is 68.4 Å². The van der Waals surface area contributed by atoms with E-state index in [1.165, 1.54) is 11.1 Å². The molecule has 0 saturated carbocycles. The number of benzene rings is 2. The van der Waals surface area contributed by atoms with Crippen LogP contribution < -0.4 is 0 Å². The maximum atomic E-state index is 9.70. The Morgan fingerprint density at radius 3 is 2.12 bits per heavy atom. The standard InChI is InChI=1S/C28H32N4/c1-25(2,3)24-31-22-16(15-29)11-10-12-17(22)23-30-20-13-18-19(14-21(20)32(23)24)27(6,7)28(8,9)26(18,4)5/h10-14H,1-9H3. The molecule has 2 aromatic carbocycles. The van der Waals surface area contributed by atoms with E-state index in [9.17, 15) is 5.26 Å². The fraction of sp³-hybridized carbons (Fsp3) is 0.464. The van der Waals surface area contributed by atoms with Crippen LogP contribution in [0.5, 0.6) is 0 Å². The molecule has 0 N–H and O–H groups in total. The van der Waals surface area contributed by atoms with Gasteiger partial charge in [0.25, 0.3) is 0 Å². The largest absolute Gasteiger partial charge is 0.279 e. The molecule has 4 nitrogen and oxygen atoms in total. The highest BCUT2D eigenvalue weighted by atomic mass is 15.1. The third-order valence-corrected chi connectivity index (χ3v) is 8.76. The van der Waals surface area contributed by atoms with Crippen molar-refractivity contribution in [3.8, 4) is 6.07 Å². The molecule has 0 saturated heterocycles. The van der Waals surface area contributed by atoms with Crippen molar-refractivity contribution in [2.24, 2.45) is 5.41 Å². The van der Waals surface area contributed by atoms with Crippen LogP contribution in [0.1, 0.15) is 84.8 Å². The maximum Gasteiger partial charge on any atom is 0.148 e. The summed E-state index contributed by atoms with van der Waals surface area (Å²) in [6.45, 7) is 20.7. The molecule has 4 heteroatoms. The van der Waals surface area contributed by atoms with Crippen molar-refractivity contribution in [1.82, 2.24) is 14.4 Å². The van der Waals surface area contributed by atoms with Gasteiger partial charge in [0, 0.05) is 10.8 Å². The molecule has 0 atom stereocenters. The lowest BCUT2D eigenvalue weighted by atomic mass is 9.59. The molecule has 1 aliphatic carbocycles. The van der Waals surface area contributed by atoms with Gasteiger partial charge in [-0.3, -0.25) is 4.40 Å². The van der Waals surface area contributed by atoms with E-state index >= 15 is 0 Å².